The van der Waals surface area contributed by atoms with E-state index in [9.17, 15) is 9.90 Å². The van der Waals surface area contributed by atoms with E-state index in [2.05, 4.69) is 10.3 Å². The lowest BCUT2D eigenvalue weighted by Crippen LogP contribution is -2.11. The minimum absolute atomic E-state index is 0.212. The van der Waals surface area contributed by atoms with Gasteiger partial charge in [0, 0.05) is 18.4 Å². The molecule has 1 heterocycles. The fourth-order valence-electron chi connectivity index (χ4n) is 1.61. The van der Waals surface area contributed by atoms with Crippen LogP contribution in [0, 0.1) is 0 Å². The van der Waals surface area contributed by atoms with Gasteiger partial charge >= 0.3 is 5.76 Å². The number of aliphatic hydroxyl groups is 1. The third-order valence-electron chi connectivity index (χ3n) is 2.54. The Bertz CT molecular complexity index is 559. The highest BCUT2D eigenvalue weighted by molar-refractivity contribution is 5.46. The van der Waals surface area contributed by atoms with Crippen LogP contribution in [0.15, 0.2) is 39.7 Å². The number of hydrogen-bond donors (Lipinski definition) is 3. The quantitative estimate of drug-likeness (QED) is 0.736. The third-order valence-corrected chi connectivity index (χ3v) is 2.54. The van der Waals surface area contributed by atoms with E-state index in [1.165, 1.54) is 6.20 Å². The number of H-pyrrole nitrogens is 1. The number of aromatic nitrogens is 1. The lowest BCUT2D eigenvalue weighted by Gasteiger charge is -2.10. The SMILES string of the molecule is CCOc1ccc(NCC(O)c2c[nH]c(=O)o2)cc1. The Hall–Kier alpha value is -2.21. The first-order chi connectivity index (χ1) is 9.19. The second-order valence-electron chi connectivity index (χ2n) is 3.93. The molecule has 1 aromatic carbocycles. The average Bonchev–Trinajstić information content (AvgIpc) is 2.85. The van der Waals surface area contributed by atoms with E-state index in [1.54, 1.807) is 0 Å². The van der Waals surface area contributed by atoms with Gasteiger partial charge in [-0.25, -0.2) is 4.79 Å². The van der Waals surface area contributed by atoms with Crippen molar-refractivity contribution in [2.24, 2.45) is 0 Å². The first-order valence-electron chi connectivity index (χ1n) is 6.02. The van der Waals surface area contributed by atoms with Crippen molar-refractivity contribution in [2.45, 2.75) is 13.0 Å². The number of aliphatic hydroxyl groups excluding tert-OH is 1. The van der Waals surface area contributed by atoms with Gasteiger partial charge in [-0.05, 0) is 31.2 Å². The van der Waals surface area contributed by atoms with E-state index in [4.69, 9.17) is 9.15 Å². The van der Waals surface area contributed by atoms with Crippen molar-refractivity contribution in [1.82, 2.24) is 4.98 Å². The number of hydrogen-bond acceptors (Lipinski definition) is 5. The van der Waals surface area contributed by atoms with E-state index in [1.807, 2.05) is 31.2 Å². The van der Waals surface area contributed by atoms with E-state index >= 15 is 0 Å². The lowest BCUT2D eigenvalue weighted by molar-refractivity contribution is 0.160. The molecule has 3 N–H and O–H groups in total. The van der Waals surface area contributed by atoms with Crippen LogP contribution >= 0.6 is 0 Å². The maximum absolute atomic E-state index is 10.8. The highest BCUT2D eigenvalue weighted by Gasteiger charge is 2.11. The molecule has 0 aliphatic rings. The Morgan fingerprint density at radius 3 is 2.74 bits per heavy atom. The molecule has 0 aliphatic carbocycles. The molecule has 0 fully saturated rings. The summed E-state index contributed by atoms with van der Waals surface area (Å²) in [7, 11) is 0. The maximum Gasteiger partial charge on any atom is 0.416 e. The van der Waals surface area contributed by atoms with Gasteiger partial charge in [0.25, 0.3) is 0 Å². The molecular formula is C13H16N2O4. The standard InChI is InChI=1S/C13H16N2O4/c1-2-18-10-5-3-9(4-6-10)14-7-11(16)12-8-15-13(17)19-12/h3-6,8,11,14,16H,2,7H2,1H3,(H,15,17). The summed E-state index contributed by atoms with van der Waals surface area (Å²) < 4.78 is 10.1. The second-order valence-corrected chi connectivity index (χ2v) is 3.93. The van der Waals surface area contributed by atoms with Gasteiger partial charge in [0.05, 0.1) is 6.61 Å². The first-order valence-corrected chi connectivity index (χ1v) is 6.02. The fraction of sp³-hybridized carbons (Fsp3) is 0.308. The lowest BCUT2D eigenvalue weighted by atomic mass is 10.2. The van der Waals surface area contributed by atoms with Crippen LogP contribution in [0.4, 0.5) is 5.69 Å². The second kappa shape index (κ2) is 6.10. The normalized spacial score (nSPS) is 12.1. The molecule has 0 spiro atoms. The predicted octanol–water partition coefficient (Wildman–Crippen LogP) is 1.51. The zero-order valence-corrected chi connectivity index (χ0v) is 10.6. The summed E-state index contributed by atoms with van der Waals surface area (Å²) in [4.78, 5) is 13.1. The maximum atomic E-state index is 10.8. The molecule has 0 bridgehead atoms. The molecule has 6 heteroatoms. The number of anilines is 1. The molecule has 0 saturated carbocycles. The molecule has 0 radical (unpaired) electrons. The van der Waals surface area contributed by atoms with Crippen LogP contribution < -0.4 is 15.8 Å². The Kier molecular flexibility index (Phi) is 4.25. The third kappa shape index (κ3) is 3.62. The summed E-state index contributed by atoms with van der Waals surface area (Å²) in [5, 5.41) is 12.8. The molecule has 19 heavy (non-hydrogen) atoms. The van der Waals surface area contributed by atoms with Crippen LogP contribution in [0.25, 0.3) is 0 Å². The number of aromatic amines is 1. The van der Waals surface area contributed by atoms with E-state index in [0.29, 0.717) is 6.61 Å². The summed E-state index contributed by atoms with van der Waals surface area (Å²) in [6.07, 6.45) is 0.470. The van der Waals surface area contributed by atoms with Crippen molar-refractivity contribution in [3.8, 4) is 5.75 Å². The Morgan fingerprint density at radius 2 is 2.16 bits per heavy atom. The molecule has 0 aliphatic heterocycles. The molecule has 2 aromatic rings. The molecule has 1 unspecified atom stereocenters. The Balaban J connectivity index is 1.89. The molecule has 0 amide bonds. The molecule has 0 saturated heterocycles. The highest BCUT2D eigenvalue weighted by atomic mass is 16.5. The van der Waals surface area contributed by atoms with Crippen LogP contribution in [0.5, 0.6) is 5.75 Å². The van der Waals surface area contributed by atoms with Gasteiger partial charge in [-0.1, -0.05) is 0 Å². The van der Waals surface area contributed by atoms with Gasteiger partial charge in [-0.15, -0.1) is 0 Å². The zero-order valence-electron chi connectivity index (χ0n) is 10.6. The minimum Gasteiger partial charge on any atom is -0.494 e. The number of ether oxygens (including phenoxy) is 1. The predicted molar refractivity (Wildman–Crippen MR) is 70.4 cm³/mol. The summed E-state index contributed by atoms with van der Waals surface area (Å²) in [6, 6.07) is 7.39. The number of rotatable bonds is 6. The van der Waals surface area contributed by atoms with Crippen LogP contribution in [0.1, 0.15) is 18.8 Å². The molecule has 6 nitrogen and oxygen atoms in total. The van der Waals surface area contributed by atoms with Crippen molar-refractivity contribution in [2.75, 3.05) is 18.5 Å². The smallest absolute Gasteiger partial charge is 0.416 e. The van der Waals surface area contributed by atoms with Crippen molar-refractivity contribution in [3.63, 3.8) is 0 Å². The van der Waals surface area contributed by atoms with Crippen LogP contribution in [-0.2, 0) is 0 Å². The molecule has 2 rings (SSSR count). The van der Waals surface area contributed by atoms with E-state index in [0.717, 1.165) is 11.4 Å². The minimum atomic E-state index is -0.884. The van der Waals surface area contributed by atoms with Gasteiger partial charge in [0.1, 0.15) is 11.9 Å². The number of benzene rings is 1. The van der Waals surface area contributed by atoms with Crippen molar-refractivity contribution in [3.05, 3.63) is 46.8 Å². The summed E-state index contributed by atoms with van der Waals surface area (Å²) in [5.74, 6) is 0.434. The first kappa shape index (κ1) is 13.2. The van der Waals surface area contributed by atoms with Gasteiger partial charge in [0.2, 0.25) is 0 Å². The largest absolute Gasteiger partial charge is 0.494 e. The summed E-state index contributed by atoms with van der Waals surface area (Å²) >= 11 is 0. The number of oxazole rings is 1. The molecule has 102 valence electrons. The average molecular weight is 264 g/mol. The Labute approximate surface area is 110 Å². The van der Waals surface area contributed by atoms with Crippen LogP contribution in [0.2, 0.25) is 0 Å². The molecule has 1 atom stereocenters. The Morgan fingerprint density at radius 1 is 1.42 bits per heavy atom. The van der Waals surface area contributed by atoms with Gasteiger partial charge in [0.15, 0.2) is 5.76 Å². The van der Waals surface area contributed by atoms with Gasteiger partial charge in [-0.2, -0.15) is 0 Å². The number of nitrogens with one attached hydrogen (secondary N) is 2. The summed E-state index contributed by atoms with van der Waals surface area (Å²) in [5.41, 5.74) is 0.848. The van der Waals surface area contributed by atoms with Gasteiger partial charge in [-0.3, -0.25) is 4.98 Å². The van der Waals surface area contributed by atoms with Crippen molar-refractivity contribution in [1.29, 1.82) is 0 Å². The van der Waals surface area contributed by atoms with Crippen molar-refractivity contribution >= 4 is 5.69 Å². The molecular weight excluding hydrogens is 248 g/mol. The van der Waals surface area contributed by atoms with Gasteiger partial charge < -0.3 is 19.6 Å². The van der Waals surface area contributed by atoms with E-state index in [-0.39, 0.29) is 12.3 Å². The molecule has 1 aromatic heterocycles. The monoisotopic (exact) mass is 264 g/mol. The van der Waals surface area contributed by atoms with Crippen LogP contribution in [-0.4, -0.2) is 23.2 Å². The fourth-order valence-corrected chi connectivity index (χ4v) is 1.61. The highest BCUT2D eigenvalue weighted by Crippen LogP contribution is 2.17. The topological polar surface area (TPSA) is 87.5 Å². The zero-order chi connectivity index (χ0) is 13.7. The van der Waals surface area contributed by atoms with E-state index < -0.39 is 11.9 Å². The van der Waals surface area contributed by atoms with Crippen molar-refractivity contribution < 1.29 is 14.3 Å². The summed E-state index contributed by atoms with van der Waals surface area (Å²) in [6.45, 7) is 2.79. The van der Waals surface area contributed by atoms with Crippen LogP contribution in [0.3, 0.4) is 0 Å².